The highest BCUT2D eigenvalue weighted by atomic mass is 35.5. The molecule has 0 saturated carbocycles. The van der Waals surface area contributed by atoms with Crippen molar-refractivity contribution in [3.63, 3.8) is 0 Å². The normalized spacial score (nSPS) is 15.6. The Balaban J connectivity index is 1.66. The zero-order valence-corrected chi connectivity index (χ0v) is 28.6. The number of anilines is 3. The van der Waals surface area contributed by atoms with E-state index in [0.29, 0.717) is 12.2 Å². The van der Waals surface area contributed by atoms with E-state index in [-0.39, 0.29) is 55.3 Å². The summed E-state index contributed by atoms with van der Waals surface area (Å²) in [5.41, 5.74) is 4.33. The second kappa shape index (κ2) is 15.7. The smallest absolute Gasteiger partial charge is 0.301 e. The number of hydrogen-bond acceptors (Lipinski definition) is 9. The van der Waals surface area contributed by atoms with E-state index < -0.39 is 45.5 Å². The van der Waals surface area contributed by atoms with Crippen LogP contribution in [-0.2, 0) is 35.3 Å². The maximum atomic E-state index is 13.7. The minimum Gasteiger partial charge on any atom is -0.372 e. The number of nitrogens with one attached hydrogen (secondary N) is 2. The van der Waals surface area contributed by atoms with Gasteiger partial charge in [-0.15, -0.1) is 0 Å². The highest BCUT2D eigenvalue weighted by Gasteiger charge is 2.37. The van der Waals surface area contributed by atoms with Crippen LogP contribution in [0.1, 0.15) is 6.42 Å². The van der Waals surface area contributed by atoms with E-state index in [2.05, 4.69) is 24.9 Å². The third-order valence-electron chi connectivity index (χ3n) is 6.25. The van der Waals surface area contributed by atoms with E-state index in [1.807, 2.05) is 0 Å². The molecule has 3 aromatic rings. The molecular formula is C27H24Cl4N6O8S2. The molecule has 4 N–H and O–H groups in total. The van der Waals surface area contributed by atoms with Gasteiger partial charge < -0.3 is 10.2 Å². The van der Waals surface area contributed by atoms with Gasteiger partial charge in [-0.05, 0) is 54.6 Å². The number of nitrogens with zero attached hydrogens (tertiary/aromatic N) is 4. The highest BCUT2D eigenvalue weighted by Crippen LogP contribution is 2.38. The van der Waals surface area contributed by atoms with Crippen molar-refractivity contribution < 1.29 is 35.5 Å². The lowest BCUT2D eigenvalue weighted by molar-refractivity contribution is -0.116. The zero-order chi connectivity index (χ0) is 34.5. The van der Waals surface area contributed by atoms with Gasteiger partial charge in [-0.1, -0.05) is 46.4 Å². The number of likely N-dealkylation sites (N-methyl/N-ethyl adjacent to an activating group) is 1. The Morgan fingerprint density at radius 2 is 1.70 bits per heavy atom. The number of carbonyl (C=O) groups excluding carboxylic acids is 2. The van der Waals surface area contributed by atoms with Crippen LogP contribution in [0.25, 0.3) is 0 Å². The van der Waals surface area contributed by atoms with E-state index in [1.165, 1.54) is 30.3 Å². The van der Waals surface area contributed by atoms with Crippen LogP contribution in [0.3, 0.4) is 0 Å². The molecule has 1 heterocycles. The number of rotatable bonds is 12. The Morgan fingerprint density at radius 3 is 2.30 bits per heavy atom. The molecule has 250 valence electrons. The summed E-state index contributed by atoms with van der Waals surface area (Å²) in [6.07, 6.45) is -0.477. The molecule has 0 radical (unpaired) electrons. The highest BCUT2D eigenvalue weighted by molar-refractivity contribution is 7.85. The van der Waals surface area contributed by atoms with Crippen molar-refractivity contribution in [1.29, 1.82) is 0 Å². The minimum absolute atomic E-state index is 0.0132. The van der Waals surface area contributed by atoms with E-state index >= 15 is 0 Å². The third-order valence-corrected chi connectivity index (χ3v) is 8.43. The second-order valence-electron chi connectivity index (χ2n) is 9.62. The summed E-state index contributed by atoms with van der Waals surface area (Å²) in [5.74, 6) is -2.11. The fourth-order valence-electron chi connectivity index (χ4n) is 4.03. The first-order chi connectivity index (χ1) is 22.1. The molecule has 1 atom stereocenters. The van der Waals surface area contributed by atoms with Crippen molar-refractivity contribution in [3.8, 4) is 0 Å². The van der Waals surface area contributed by atoms with Crippen LogP contribution >= 0.6 is 46.4 Å². The van der Waals surface area contributed by atoms with Gasteiger partial charge in [0, 0.05) is 36.4 Å². The van der Waals surface area contributed by atoms with Crippen molar-refractivity contribution in [2.24, 2.45) is 9.98 Å². The first kappa shape index (κ1) is 36.5. The number of amides is 2. The average Bonchev–Trinajstić information content (AvgIpc) is 3.26. The predicted octanol–water partition coefficient (Wildman–Crippen LogP) is 5.46. The van der Waals surface area contributed by atoms with Gasteiger partial charge in [0.05, 0.1) is 38.8 Å². The van der Waals surface area contributed by atoms with E-state index in [1.54, 1.807) is 36.2 Å². The largest absolute Gasteiger partial charge is 0.372 e. The molecule has 0 bridgehead atoms. The molecule has 0 aromatic heterocycles. The Bertz CT molecular complexity index is 1870. The van der Waals surface area contributed by atoms with Gasteiger partial charge in [0.2, 0.25) is 5.91 Å². The molecule has 1 aliphatic heterocycles. The van der Waals surface area contributed by atoms with Crippen molar-refractivity contribution >= 4 is 120 Å². The summed E-state index contributed by atoms with van der Waals surface area (Å²) in [7, 11) is -2.56. The summed E-state index contributed by atoms with van der Waals surface area (Å²) in [6, 6.07) is 13.8. The third kappa shape index (κ3) is 10.1. The summed E-state index contributed by atoms with van der Waals surface area (Å²) < 4.78 is 54.9. The lowest BCUT2D eigenvalue weighted by atomic mass is 10.2. The first-order valence-electron chi connectivity index (χ1n) is 13.1. The Hall–Kier alpha value is -3.32. The van der Waals surface area contributed by atoms with Crippen molar-refractivity contribution in [2.45, 2.75) is 6.42 Å². The van der Waals surface area contributed by atoms with Gasteiger partial charge in [0.1, 0.15) is 5.69 Å². The number of aliphatic imine (C=N–C) groups is 2. The molecule has 20 heteroatoms. The summed E-state index contributed by atoms with van der Waals surface area (Å²) in [5, 5.41) is 3.97. The maximum absolute atomic E-state index is 13.7. The molecule has 47 heavy (non-hydrogen) atoms. The van der Waals surface area contributed by atoms with E-state index in [4.69, 9.17) is 55.5 Å². The Labute approximate surface area is 291 Å². The predicted molar refractivity (Wildman–Crippen MR) is 184 cm³/mol. The topological polar surface area (TPSA) is 190 Å². The van der Waals surface area contributed by atoms with E-state index in [9.17, 15) is 22.2 Å². The zero-order valence-electron chi connectivity index (χ0n) is 24.0. The summed E-state index contributed by atoms with van der Waals surface area (Å²) in [4.78, 5) is 36.6. The molecule has 0 spiro atoms. The van der Waals surface area contributed by atoms with Crippen LogP contribution in [0.15, 0.2) is 64.6 Å². The fraction of sp³-hybridized carbons (Fsp3) is 0.185. The number of hydrogen-bond donors (Lipinski definition) is 4. The fourth-order valence-corrected chi connectivity index (χ4v) is 5.90. The van der Waals surface area contributed by atoms with Gasteiger partial charge >= 0.3 is 11.4 Å². The molecule has 0 aliphatic carbocycles. The number of amidine groups is 1. The monoisotopic (exact) mass is 764 g/mol. The van der Waals surface area contributed by atoms with E-state index in [0.717, 1.165) is 10.7 Å². The number of benzene rings is 3. The van der Waals surface area contributed by atoms with Crippen LogP contribution < -0.4 is 20.7 Å². The van der Waals surface area contributed by atoms with Crippen LogP contribution in [0.4, 0.5) is 28.4 Å². The van der Waals surface area contributed by atoms with Crippen molar-refractivity contribution in [1.82, 2.24) is 5.43 Å². The summed E-state index contributed by atoms with van der Waals surface area (Å²) >= 11 is 22.9. The van der Waals surface area contributed by atoms with Crippen LogP contribution in [0.5, 0.6) is 0 Å². The van der Waals surface area contributed by atoms with Crippen LogP contribution in [0.2, 0.25) is 20.1 Å². The molecular weight excluding hydrogens is 742 g/mol. The SMILES string of the molecule is CN(CCOS(=O)O)c1ccc(N=C2C(=O)N(c3c(Cl)cc(Cl)cc3Cl)NC2=Nc2ccc(NC(=O)CCS(=O)(=O)O)cc2Cl)cc1. The Kier molecular flexibility index (Phi) is 12.2. The molecule has 14 nitrogen and oxygen atoms in total. The quantitative estimate of drug-likeness (QED) is 0.136. The molecule has 1 unspecified atom stereocenters. The molecule has 2 amide bonds. The molecule has 1 saturated heterocycles. The maximum Gasteiger partial charge on any atom is 0.301 e. The lowest BCUT2D eigenvalue weighted by Crippen LogP contribution is -2.36. The van der Waals surface area contributed by atoms with Gasteiger partial charge in [-0.3, -0.25) is 28.3 Å². The lowest BCUT2D eigenvalue weighted by Gasteiger charge is -2.18. The van der Waals surface area contributed by atoms with Crippen LogP contribution in [-0.4, -0.2) is 71.0 Å². The Morgan fingerprint density at radius 1 is 1.04 bits per heavy atom. The summed E-state index contributed by atoms with van der Waals surface area (Å²) in [6.45, 7) is 0.337. The van der Waals surface area contributed by atoms with Gasteiger partial charge in [0.25, 0.3) is 16.0 Å². The van der Waals surface area contributed by atoms with Crippen LogP contribution in [0, 0.1) is 0 Å². The molecule has 1 fully saturated rings. The second-order valence-corrected chi connectivity index (χ2v) is 13.5. The molecule has 4 rings (SSSR count). The standard InChI is InChI=1S/C27H24Cl4N6O8S2/c1-36(9-10-45-46(40)41)18-5-2-16(3-6-18)33-24-26(35-37(27(24)39)25-20(30)12-15(28)13-21(25)31)34-22-7-4-17(14-19(22)29)32-23(38)8-11-47(42,43)44/h2-7,12-14H,8-11H2,1H3,(H,32,38)(H,34,35)(H,40,41)(H,42,43,44). The average molecular weight is 766 g/mol. The minimum atomic E-state index is -4.32. The van der Waals surface area contributed by atoms with Gasteiger partial charge in [-0.25, -0.2) is 15.0 Å². The van der Waals surface area contributed by atoms with Crippen molar-refractivity contribution in [3.05, 3.63) is 74.7 Å². The molecule has 3 aromatic carbocycles. The number of halogens is 4. The number of carbonyl (C=O) groups is 2. The van der Waals surface area contributed by atoms with Crippen molar-refractivity contribution in [2.75, 3.05) is 41.2 Å². The first-order valence-corrected chi connectivity index (χ1v) is 17.3. The molecule has 1 aliphatic rings. The number of hydrazine groups is 1. The van der Waals surface area contributed by atoms with Gasteiger partial charge in [-0.2, -0.15) is 12.6 Å². The van der Waals surface area contributed by atoms with Gasteiger partial charge in [0.15, 0.2) is 11.5 Å².